The smallest absolute Gasteiger partial charge is 0.341 e. The molecular weight excluding hydrogens is 270 g/mol. The maximum atomic E-state index is 11.4. The van der Waals surface area contributed by atoms with Crippen molar-refractivity contribution in [3.8, 4) is 11.6 Å². The van der Waals surface area contributed by atoms with Crippen molar-refractivity contribution in [2.75, 3.05) is 6.61 Å². The molecule has 1 aromatic carbocycles. The zero-order valence-corrected chi connectivity index (χ0v) is 12.0. The van der Waals surface area contributed by atoms with Crippen LogP contribution in [0.4, 0.5) is 0 Å². The van der Waals surface area contributed by atoms with Gasteiger partial charge in [0.1, 0.15) is 11.3 Å². The van der Waals surface area contributed by atoms with Gasteiger partial charge in [0.15, 0.2) is 0 Å². The standard InChI is InChI=1S/C16H17NO4/c1-10-9-11(2)17-15(14(10)16(19)20)21-13-6-4-3-5-12(13)7-8-18/h3-6,9,18H,7-8H2,1-2H3,(H,19,20). The summed E-state index contributed by atoms with van der Waals surface area (Å²) in [6, 6.07) is 8.89. The molecule has 2 N–H and O–H groups in total. The summed E-state index contributed by atoms with van der Waals surface area (Å²) in [4.78, 5) is 15.6. The Morgan fingerprint density at radius 1 is 1.29 bits per heavy atom. The molecule has 0 saturated heterocycles. The number of carbonyl (C=O) groups is 1. The van der Waals surface area contributed by atoms with Crippen LogP contribution in [0.1, 0.15) is 27.2 Å². The molecule has 2 rings (SSSR count). The molecule has 0 saturated carbocycles. The Kier molecular flexibility index (Phi) is 4.55. The summed E-state index contributed by atoms with van der Waals surface area (Å²) in [5, 5.41) is 18.4. The van der Waals surface area contributed by atoms with E-state index in [4.69, 9.17) is 9.84 Å². The van der Waals surface area contributed by atoms with Crippen LogP contribution in [0.3, 0.4) is 0 Å². The number of para-hydroxylation sites is 1. The molecular formula is C16H17NO4. The van der Waals surface area contributed by atoms with Gasteiger partial charge in [-0.15, -0.1) is 0 Å². The number of hydrogen-bond donors (Lipinski definition) is 2. The van der Waals surface area contributed by atoms with Crippen molar-refractivity contribution in [1.82, 2.24) is 4.98 Å². The van der Waals surface area contributed by atoms with Gasteiger partial charge in [0.05, 0.1) is 0 Å². The number of aryl methyl sites for hydroxylation is 2. The number of aliphatic hydroxyl groups is 1. The lowest BCUT2D eigenvalue weighted by Gasteiger charge is -2.13. The van der Waals surface area contributed by atoms with Gasteiger partial charge in [-0.25, -0.2) is 9.78 Å². The fourth-order valence-corrected chi connectivity index (χ4v) is 2.17. The number of nitrogens with zero attached hydrogens (tertiary/aromatic N) is 1. The normalized spacial score (nSPS) is 10.4. The highest BCUT2D eigenvalue weighted by Gasteiger charge is 2.18. The fraction of sp³-hybridized carbons (Fsp3) is 0.250. The van der Waals surface area contributed by atoms with Crippen LogP contribution in [0.15, 0.2) is 30.3 Å². The zero-order valence-electron chi connectivity index (χ0n) is 12.0. The van der Waals surface area contributed by atoms with Crippen molar-refractivity contribution < 1.29 is 19.7 Å². The van der Waals surface area contributed by atoms with Crippen molar-refractivity contribution >= 4 is 5.97 Å². The van der Waals surface area contributed by atoms with Crippen molar-refractivity contribution in [3.63, 3.8) is 0 Å². The molecule has 2 aromatic rings. The number of hydrogen-bond acceptors (Lipinski definition) is 4. The van der Waals surface area contributed by atoms with E-state index in [1.165, 1.54) is 0 Å². The van der Waals surface area contributed by atoms with E-state index < -0.39 is 5.97 Å². The number of aliphatic hydroxyl groups excluding tert-OH is 1. The second-order valence-corrected chi connectivity index (χ2v) is 4.75. The van der Waals surface area contributed by atoms with Gasteiger partial charge in [0, 0.05) is 12.3 Å². The second-order valence-electron chi connectivity index (χ2n) is 4.75. The van der Waals surface area contributed by atoms with E-state index in [-0.39, 0.29) is 18.1 Å². The molecule has 0 unspecified atom stereocenters. The maximum Gasteiger partial charge on any atom is 0.341 e. The molecule has 0 amide bonds. The van der Waals surface area contributed by atoms with Crippen LogP contribution in [0.2, 0.25) is 0 Å². The molecule has 0 radical (unpaired) electrons. The third kappa shape index (κ3) is 3.38. The van der Waals surface area contributed by atoms with Crippen LogP contribution in [0.5, 0.6) is 11.6 Å². The van der Waals surface area contributed by atoms with Gasteiger partial charge in [0.2, 0.25) is 5.88 Å². The lowest BCUT2D eigenvalue weighted by molar-refractivity contribution is 0.0692. The SMILES string of the molecule is Cc1cc(C)c(C(=O)O)c(Oc2ccccc2CCO)n1. The molecule has 110 valence electrons. The molecule has 1 heterocycles. The van der Waals surface area contributed by atoms with E-state index in [0.29, 0.717) is 23.4 Å². The predicted octanol–water partition coefficient (Wildman–Crippen LogP) is 2.72. The number of aromatic carboxylic acids is 1. The molecule has 0 atom stereocenters. The second kappa shape index (κ2) is 6.37. The topological polar surface area (TPSA) is 79.7 Å². The Hall–Kier alpha value is -2.40. The van der Waals surface area contributed by atoms with Crippen LogP contribution in [-0.4, -0.2) is 27.8 Å². The maximum absolute atomic E-state index is 11.4. The molecule has 0 aliphatic carbocycles. The number of aromatic nitrogens is 1. The third-order valence-electron chi connectivity index (χ3n) is 3.09. The first-order valence-corrected chi connectivity index (χ1v) is 6.61. The monoisotopic (exact) mass is 287 g/mol. The minimum absolute atomic E-state index is 0.00751. The summed E-state index contributed by atoms with van der Waals surface area (Å²) in [5.41, 5.74) is 2.15. The van der Waals surface area contributed by atoms with Crippen LogP contribution in [-0.2, 0) is 6.42 Å². The molecule has 21 heavy (non-hydrogen) atoms. The Labute approximate surface area is 122 Å². The molecule has 5 nitrogen and oxygen atoms in total. The summed E-state index contributed by atoms with van der Waals surface area (Å²) in [6.45, 7) is 3.49. The molecule has 0 aliphatic heterocycles. The highest BCUT2D eigenvalue weighted by Crippen LogP contribution is 2.29. The minimum Gasteiger partial charge on any atom is -0.477 e. The van der Waals surface area contributed by atoms with Gasteiger partial charge in [-0.3, -0.25) is 0 Å². The van der Waals surface area contributed by atoms with Crippen molar-refractivity contribution in [2.45, 2.75) is 20.3 Å². The molecule has 1 aromatic heterocycles. The largest absolute Gasteiger partial charge is 0.477 e. The summed E-state index contributed by atoms with van der Waals surface area (Å²) in [7, 11) is 0. The molecule has 0 bridgehead atoms. The average Bonchev–Trinajstić information content (AvgIpc) is 2.40. The summed E-state index contributed by atoms with van der Waals surface area (Å²) in [6.07, 6.45) is 0.434. The van der Waals surface area contributed by atoms with E-state index in [2.05, 4.69) is 4.98 Å². The predicted molar refractivity (Wildman–Crippen MR) is 78.0 cm³/mol. The van der Waals surface area contributed by atoms with E-state index >= 15 is 0 Å². The van der Waals surface area contributed by atoms with E-state index in [1.807, 2.05) is 12.1 Å². The van der Waals surface area contributed by atoms with Crippen molar-refractivity contribution in [1.29, 1.82) is 0 Å². The first-order valence-electron chi connectivity index (χ1n) is 6.61. The number of benzene rings is 1. The molecule has 0 fully saturated rings. The zero-order chi connectivity index (χ0) is 15.4. The lowest BCUT2D eigenvalue weighted by Crippen LogP contribution is -2.07. The number of carboxylic acids is 1. The first-order chi connectivity index (χ1) is 10.0. The van der Waals surface area contributed by atoms with Crippen LogP contribution in [0, 0.1) is 13.8 Å². The van der Waals surface area contributed by atoms with Crippen molar-refractivity contribution in [2.24, 2.45) is 0 Å². The van der Waals surface area contributed by atoms with Gasteiger partial charge in [0.25, 0.3) is 0 Å². The van der Waals surface area contributed by atoms with Gasteiger partial charge < -0.3 is 14.9 Å². The highest BCUT2D eigenvalue weighted by atomic mass is 16.5. The number of rotatable bonds is 5. The molecule has 5 heteroatoms. The Bertz CT molecular complexity index is 667. The Morgan fingerprint density at radius 3 is 2.67 bits per heavy atom. The highest BCUT2D eigenvalue weighted by molar-refractivity contribution is 5.92. The van der Waals surface area contributed by atoms with Gasteiger partial charge in [-0.1, -0.05) is 18.2 Å². The average molecular weight is 287 g/mol. The molecule has 0 spiro atoms. The Morgan fingerprint density at radius 2 is 2.00 bits per heavy atom. The van der Waals surface area contributed by atoms with Crippen LogP contribution >= 0.6 is 0 Å². The van der Waals surface area contributed by atoms with Gasteiger partial charge in [-0.2, -0.15) is 0 Å². The van der Waals surface area contributed by atoms with Crippen molar-refractivity contribution in [3.05, 3.63) is 52.7 Å². The lowest BCUT2D eigenvalue weighted by atomic mass is 10.1. The first kappa shape index (κ1) is 15.0. The fourth-order valence-electron chi connectivity index (χ4n) is 2.17. The van der Waals surface area contributed by atoms with E-state index in [1.54, 1.807) is 32.0 Å². The summed E-state index contributed by atoms with van der Waals surface area (Å²) < 4.78 is 5.71. The Balaban J connectivity index is 2.47. The molecule has 0 aliphatic rings. The van der Waals surface area contributed by atoms with Crippen LogP contribution in [0.25, 0.3) is 0 Å². The quantitative estimate of drug-likeness (QED) is 0.884. The number of carboxylic acid groups (broad SMARTS) is 1. The number of ether oxygens (including phenoxy) is 1. The summed E-state index contributed by atoms with van der Waals surface area (Å²) >= 11 is 0. The van der Waals surface area contributed by atoms with Gasteiger partial charge in [-0.05, 0) is 43.5 Å². The number of pyridine rings is 1. The van der Waals surface area contributed by atoms with E-state index in [9.17, 15) is 9.90 Å². The third-order valence-corrected chi connectivity index (χ3v) is 3.09. The van der Waals surface area contributed by atoms with E-state index in [0.717, 1.165) is 5.56 Å². The minimum atomic E-state index is -1.07. The van der Waals surface area contributed by atoms with Gasteiger partial charge >= 0.3 is 5.97 Å². The van der Waals surface area contributed by atoms with Crippen LogP contribution < -0.4 is 4.74 Å². The summed E-state index contributed by atoms with van der Waals surface area (Å²) in [5.74, 6) is -0.494.